The molecule has 140 valence electrons. The lowest BCUT2D eigenvalue weighted by atomic mass is 10.0. The van der Waals surface area contributed by atoms with E-state index in [2.05, 4.69) is 11.0 Å². The Balaban J connectivity index is 1.67. The smallest absolute Gasteiger partial charge is 0.236 e. The van der Waals surface area contributed by atoms with Crippen LogP contribution in [0.3, 0.4) is 0 Å². The van der Waals surface area contributed by atoms with E-state index in [1.54, 1.807) is 25.4 Å². The number of likely N-dealkylation sites (N-methyl/N-ethyl adjacent to an activating group) is 1. The SMILES string of the molecule is COc1ccc([C@H]2CCCN2CC(=O)N(C)Cc2ccco2)cc1OC. The van der Waals surface area contributed by atoms with Crippen molar-refractivity contribution in [2.45, 2.75) is 25.4 Å². The summed E-state index contributed by atoms with van der Waals surface area (Å²) in [5.41, 5.74) is 1.15. The molecule has 2 aromatic rings. The third-order valence-electron chi connectivity index (χ3n) is 4.89. The van der Waals surface area contributed by atoms with Crippen LogP contribution >= 0.6 is 0 Å². The number of likely N-dealkylation sites (tertiary alicyclic amines) is 1. The van der Waals surface area contributed by atoms with Gasteiger partial charge in [-0.3, -0.25) is 9.69 Å². The Morgan fingerprint density at radius 2 is 2.08 bits per heavy atom. The van der Waals surface area contributed by atoms with Gasteiger partial charge in [0.25, 0.3) is 0 Å². The third-order valence-corrected chi connectivity index (χ3v) is 4.89. The fourth-order valence-electron chi connectivity index (χ4n) is 3.47. The third kappa shape index (κ3) is 4.02. The van der Waals surface area contributed by atoms with Crippen molar-refractivity contribution in [2.75, 3.05) is 34.4 Å². The lowest BCUT2D eigenvalue weighted by Gasteiger charge is -2.27. The summed E-state index contributed by atoms with van der Waals surface area (Å²) in [7, 11) is 5.08. The molecular formula is C20H26N2O4. The molecule has 26 heavy (non-hydrogen) atoms. The average Bonchev–Trinajstić information content (AvgIpc) is 3.33. The highest BCUT2D eigenvalue weighted by atomic mass is 16.5. The minimum Gasteiger partial charge on any atom is -0.493 e. The molecule has 0 bridgehead atoms. The Kier molecular flexibility index (Phi) is 5.83. The Morgan fingerprint density at radius 1 is 1.27 bits per heavy atom. The minimum atomic E-state index is 0.0915. The van der Waals surface area contributed by atoms with E-state index >= 15 is 0 Å². The molecule has 1 atom stereocenters. The zero-order valence-electron chi connectivity index (χ0n) is 15.6. The van der Waals surface area contributed by atoms with Crippen LogP contribution < -0.4 is 9.47 Å². The highest BCUT2D eigenvalue weighted by molar-refractivity contribution is 5.78. The molecule has 6 heteroatoms. The normalized spacial score (nSPS) is 17.3. The summed E-state index contributed by atoms with van der Waals surface area (Å²) in [6, 6.07) is 9.93. The Hall–Kier alpha value is -2.47. The van der Waals surface area contributed by atoms with E-state index in [4.69, 9.17) is 13.9 Å². The fourth-order valence-corrected chi connectivity index (χ4v) is 3.47. The fraction of sp³-hybridized carbons (Fsp3) is 0.450. The Labute approximate surface area is 154 Å². The summed E-state index contributed by atoms with van der Waals surface area (Å²) in [6.07, 6.45) is 3.74. The van der Waals surface area contributed by atoms with E-state index in [1.807, 2.05) is 31.3 Å². The molecule has 0 spiro atoms. The molecule has 6 nitrogen and oxygen atoms in total. The maximum atomic E-state index is 12.6. The van der Waals surface area contributed by atoms with Crippen molar-refractivity contribution >= 4 is 5.91 Å². The van der Waals surface area contributed by atoms with Crippen LogP contribution in [0.2, 0.25) is 0 Å². The highest BCUT2D eigenvalue weighted by Gasteiger charge is 2.29. The van der Waals surface area contributed by atoms with Gasteiger partial charge in [0.05, 0.1) is 33.6 Å². The molecule has 1 fully saturated rings. The standard InChI is InChI=1S/C20H26N2O4/c1-21(13-16-6-5-11-26-16)20(23)14-22-10-4-7-17(22)15-8-9-18(24-2)19(12-15)25-3/h5-6,8-9,11-12,17H,4,7,10,13-14H2,1-3H3/t17-/m1/s1. The van der Waals surface area contributed by atoms with Gasteiger partial charge < -0.3 is 18.8 Å². The average molecular weight is 358 g/mol. The number of nitrogens with zero attached hydrogens (tertiary/aromatic N) is 2. The molecule has 1 amide bonds. The molecule has 0 N–H and O–H groups in total. The van der Waals surface area contributed by atoms with Crippen molar-refractivity contribution in [2.24, 2.45) is 0 Å². The van der Waals surface area contributed by atoms with Crippen molar-refractivity contribution in [3.8, 4) is 11.5 Å². The molecule has 1 aromatic carbocycles. The number of rotatable bonds is 7. The van der Waals surface area contributed by atoms with Crippen LogP contribution in [0.5, 0.6) is 11.5 Å². The first-order valence-electron chi connectivity index (χ1n) is 8.84. The van der Waals surface area contributed by atoms with E-state index in [0.29, 0.717) is 13.1 Å². The second-order valence-electron chi connectivity index (χ2n) is 6.57. The molecule has 0 aliphatic carbocycles. The van der Waals surface area contributed by atoms with Gasteiger partial charge >= 0.3 is 0 Å². The summed E-state index contributed by atoms with van der Waals surface area (Å²) in [5, 5.41) is 0. The van der Waals surface area contributed by atoms with E-state index in [9.17, 15) is 4.79 Å². The lowest BCUT2D eigenvalue weighted by molar-refractivity contribution is -0.132. The van der Waals surface area contributed by atoms with Crippen molar-refractivity contribution in [1.82, 2.24) is 9.80 Å². The number of benzene rings is 1. The zero-order valence-corrected chi connectivity index (χ0v) is 15.6. The first-order chi connectivity index (χ1) is 12.6. The number of methoxy groups -OCH3 is 2. The first-order valence-corrected chi connectivity index (χ1v) is 8.84. The van der Waals surface area contributed by atoms with Crippen LogP contribution in [-0.2, 0) is 11.3 Å². The maximum absolute atomic E-state index is 12.6. The summed E-state index contributed by atoms with van der Waals surface area (Å²) in [6.45, 7) is 1.80. The minimum absolute atomic E-state index is 0.0915. The quantitative estimate of drug-likeness (QED) is 0.761. The number of hydrogen-bond donors (Lipinski definition) is 0. The topological polar surface area (TPSA) is 55.2 Å². The second-order valence-corrected chi connectivity index (χ2v) is 6.57. The number of carbonyl (C=O) groups excluding carboxylic acids is 1. The molecule has 0 radical (unpaired) electrons. The van der Waals surface area contributed by atoms with Crippen molar-refractivity contribution in [1.29, 1.82) is 0 Å². The van der Waals surface area contributed by atoms with Crippen molar-refractivity contribution in [3.63, 3.8) is 0 Å². The number of amides is 1. The van der Waals surface area contributed by atoms with Crippen LogP contribution in [0.15, 0.2) is 41.0 Å². The van der Waals surface area contributed by atoms with Gasteiger partial charge in [0.15, 0.2) is 11.5 Å². The van der Waals surface area contributed by atoms with Crippen LogP contribution in [0.1, 0.15) is 30.2 Å². The van der Waals surface area contributed by atoms with E-state index in [1.165, 1.54) is 0 Å². The van der Waals surface area contributed by atoms with Gasteiger partial charge in [-0.05, 0) is 49.2 Å². The van der Waals surface area contributed by atoms with E-state index in [-0.39, 0.29) is 11.9 Å². The van der Waals surface area contributed by atoms with Crippen LogP contribution in [0.25, 0.3) is 0 Å². The molecular weight excluding hydrogens is 332 g/mol. The number of ether oxygens (including phenoxy) is 2. The highest BCUT2D eigenvalue weighted by Crippen LogP contribution is 2.36. The molecule has 0 saturated carbocycles. The predicted molar refractivity (Wildman–Crippen MR) is 98.3 cm³/mol. The summed E-state index contributed by atoms with van der Waals surface area (Å²) in [5.74, 6) is 2.32. The van der Waals surface area contributed by atoms with E-state index in [0.717, 1.165) is 42.2 Å². The number of carbonyl (C=O) groups is 1. The summed E-state index contributed by atoms with van der Waals surface area (Å²) >= 11 is 0. The Bertz CT molecular complexity index is 729. The van der Waals surface area contributed by atoms with Gasteiger partial charge in [0.2, 0.25) is 5.91 Å². The van der Waals surface area contributed by atoms with Crippen molar-refractivity contribution < 1.29 is 18.7 Å². The molecule has 1 aromatic heterocycles. The number of furan rings is 1. The maximum Gasteiger partial charge on any atom is 0.236 e. The summed E-state index contributed by atoms with van der Waals surface area (Å²) in [4.78, 5) is 16.6. The monoisotopic (exact) mass is 358 g/mol. The van der Waals surface area contributed by atoms with Gasteiger partial charge in [-0.2, -0.15) is 0 Å². The largest absolute Gasteiger partial charge is 0.493 e. The van der Waals surface area contributed by atoms with Gasteiger partial charge in [0.1, 0.15) is 5.76 Å². The zero-order chi connectivity index (χ0) is 18.5. The van der Waals surface area contributed by atoms with Crippen LogP contribution in [0.4, 0.5) is 0 Å². The second kappa shape index (κ2) is 8.27. The molecule has 2 heterocycles. The lowest BCUT2D eigenvalue weighted by Crippen LogP contribution is -2.37. The molecule has 1 aliphatic rings. The van der Waals surface area contributed by atoms with Crippen LogP contribution in [0, 0.1) is 0 Å². The van der Waals surface area contributed by atoms with Gasteiger partial charge in [-0.1, -0.05) is 6.07 Å². The van der Waals surface area contributed by atoms with Gasteiger partial charge in [-0.25, -0.2) is 0 Å². The molecule has 1 saturated heterocycles. The van der Waals surface area contributed by atoms with Crippen LogP contribution in [-0.4, -0.2) is 50.1 Å². The van der Waals surface area contributed by atoms with E-state index < -0.39 is 0 Å². The summed E-state index contributed by atoms with van der Waals surface area (Å²) < 4.78 is 16.1. The number of hydrogen-bond acceptors (Lipinski definition) is 5. The Morgan fingerprint density at radius 3 is 2.77 bits per heavy atom. The van der Waals surface area contributed by atoms with Crippen molar-refractivity contribution in [3.05, 3.63) is 47.9 Å². The van der Waals surface area contributed by atoms with Gasteiger partial charge in [0, 0.05) is 13.1 Å². The molecule has 3 rings (SSSR count). The molecule has 1 aliphatic heterocycles. The van der Waals surface area contributed by atoms with Gasteiger partial charge in [-0.15, -0.1) is 0 Å². The first kappa shape index (κ1) is 18.3. The predicted octanol–water partition coefficient (Wildman–Crippen LogP) is 3.09. The molecule has 0 unspecified atom stereocenters.